The molecule has 0 radical (unpaired) electrons. The molecule has 3 rings (SSSR count). The summed E-state index contributed by atoms with van der Waals surface area (Å²) < 4.78 is 5.18. The Kier molecular flexibility index (Phi) is 5.99. The number of rotatable bonds is 7. The second kappa shape index (κ2) is 8.80. The Labute approximate surface area is 159 Å². The van der Waals surface area contributed by atoms with E-state index in [4.69, 9.17) is 4.74 Å². The van der Waals surface area contributed by atoms with Crippen LogP contribution in [0.4, 0.5) is 11.8 Å². The summed E-state index contributed by atoms with van der Waals surface area (Å²) in [7, 11) is 1.65. The molecule has 0 unspecified atom stereocenters. The number of hydrazone groups is 1. The lowest BCUT2D eigenvalue weighted by molar-refractivity contribution is 0.415. The molecular weight excluding hydrogens is 338 g/mol. The summed E-state index contributed by atoms with van der Waals surface area (Å²) in [5.74, 6) is 2.03. The summed E-state index contributed by atoms with van der Waals surface area (Å²) in [4.78, 5) is 8.91. The van der Waals surface area contributed by atoms with Crippen molar-refractivity contribution in [2.75, 3.05) is 17.9 Å². The first-order valence-electron chi connectivity index (χ1n) is 8.72. The number of hydrogen-bond donors (Lipinski definition) is 2. The number of nitrogens with one attached hydrogen (secondary N) is 2. The maximum absolute atomic E-state index is 5.18. The van der Waals surface area contributed by atoms with E-state index in [2.05, 4.69) is 37.9 Å². The highest BCUT2D eigenvalue weighted by Crippen LogP contribution is 2.14. The Hall–Kier alpha value is -3.41. The number of aromatic nitrogens is 2. The van der Waals surface area contributed by atoms with Crippen molar-refractivity contribution in [3.05, 3.63) is 77.5 Å². The molecule has 2 aromatic carbocycles. The molecule has 6 heteroatoms. The summed E-state index contributed by atoms with van der Waals surface area (Å²) in [5.41, 5.74) is 6.91. The van der Waals surface area contributed by atoms with E-state index in [1.165, 1.54) is 5.56 Å². The molecule has 6 nitrogen and oxygen atoms in total. The third-order valence-electron chi connectivity index (χ3n) is 3.99. The second-order valence-electron chi connectivity index (χ2n) is 6.09. The Morgan fingerprint density at radius 2 is 1.78 bits per heavy atom. The third-order valence-corrected chi connectivity index (χ3v) is 3.99. The molecular formula is C21H23N5O. The van der Waals surface area contributed by atoms with E-state index < -0.39 is 0 Å². The number of hydrogen-bond acceptors (Lipinski definition) is 6. The van der Waals surface area contributed by atoms with Crippen molar-refractivity contribution < 1.29 is 4.74 Å². The van der Waals surface area contributed by atoms with Crippen molar-refractivity contribution in [1.82, 2.24) is 9.97 Å². The molecule has 0 aliphatic carbocycles. The maximum Gasteiger partial charge on any atom is 0.225 e. The molecule has 1 aromatic heterocycles. The average molecular weight is 361 g/mol. The fraction of sp³-hybridized carbons (Fsp3) is 0.190. The van der Waals surface area contributed by atoms with Gasteiger partial charge in [-0.3, -0.25) is 5.43 Å². The number of methoxy groups -OCH3 is 1. The molecule has 0 saturated carbocycles. The molecule has 3 aromatic rings. The Morgan fingerprint density at radius 1 is 1.04 bits per heavy atom. The monoisotopic (exact) mass is 361 g/mol. The van der Waals surface area contributed by atoms with Crippen LogP contribution in [0.2, 0.25) is 0 Å². The number of benzene rings is 2. The van der Waals surface area contributed by atoms with Gasteiger partial charge >= 0.3 is 0 Å². The third kappa shape index (κ3) is 5.28. The molecule has 0 amide bonds. The number of ether oxygens (including phenoxy) is 1. The van der Waals surface area contributed by atoms with Crippen LogP contribution in [-0.2, 0) is 6.54 Å². The highest BCUT2D eigenvalue weighted by Gasteiger charge is 2.03. The Morgan fingerprint density at radius 3 is 2.48 bits per heavy atom. The topological polar surface area (TPSA) is 71.4 Å². The van der Waals surface area contributed by atoms with E-state index in [0.717, 1.165) is 22.7 Å². The van der Waals surface area contributed by atoms with Crippen molar-refractivity contribution in [2.24, 2.45) is 5.10 Å². The summed E-state index contributed by atoms with van der Waals surface area (Å²) in [6.07, 6.45) is 0. The van der Waals surface area contributed by atoms with Crippen molar-refractivity contribution >= 4 is 17.5 Å². The van der Waals surface area contributed by atoms with E-state index in [1.54, 1.807) is 7.11 Å². The minimum Gasteiger partial charge on any atom is -0.497 e. The zero-order valence-electron chi connectivity index (χ0n) is 15.7. The molecule has 0 atom stereocenters. The molecule has 1 heterocycles. The summed E-state index contributed by atoms with van der Waals surface area (Å²) in [6.45, 7) is 4.54. The van der Waals surface area contributed by atoms with Crippen LogP contribution in [0.1, 0.15) is 23.7 Å². The van der Waals surface area contributed by atoms with Crippen LogP contribution in [0.3, 0.4) is 0 Å². The fourth-order valence-corrected chi connectivity index (χ4v) is 2.52. The Balaban J connectivity index is 1.67. The lowest BCUT2D eigenvalue weighted by atomic mass is 10.1. The highest BCUT2D eigenvalue weighted by molar-refractivity contribution is 5.99. The predicted octanol–water partition coefficient (Wildman–Crippen LogP) is 4.24. The summed E-state index contributed by atoms with van der Waals surface area (Å²) in [6, 6.07) is 19.8. The largest absolute Gasteiger partial charge is 0.497 e. The van der Waals surface area contributed by atoms with Gasteiger partial charge in [-0.1, -0.05) is 30.3 Å². The first-order chi connectivity index (χ1) is 13.1. The zero-order valence-corrected chi connectivity index (χ0v) is 15.7. The minimum atomic E-state index is 0.568. The van der Waals surface area contributed by atoms with Gasteiger partial charge in [-0.05, 0) is 49.2 Å². The molecule has 0 aliphatic heterocycles. The number of aryl methyl sites for hydroxylation is 1. The van der Waals surface area contributed by atoms with Crippen LogP contribution in [0, 0.1) is 6.92 Å². The van der Waals surface area contributed by atoms with E-state index >= 15 is 0 Å². The fourth-order valence-electron chi connectivity index (χ4n) is 2.52. The van der Waals surface area contributed by atoms with Crippen molar-refractivity contribution in [2.45, 2.75) is 20.4 Å². The Bertz CT molecular complexity index is 908. The molecule has 0 bridgehead atoms. The standard InChI is InChI=1S/C21H23N5O/c1-15-13-20(24-21(23-15)22-14-17-7-5-4-6-8-17)26-25-16(2)18-9-11-19(27-3)12-10-18/h4-13H,14H2,1-3H3,(H2,22,23,24,26)/b25-16-. The van der Waals surface area contributed by atoms with Crippen LogP contribution in [0.25, 0.3) is 0 Å². The van der Waals surface area contributed by atoms with E-state index in [-0.39, 0.29) is 0 Å². The van der Waals surface area contributed by atoms with Crippen LogP contribution in [0.5, 0.6) is 5.75 Å². The lowest BCUT2D eigenvalue weighted by Gasteiger charge is -2.09. The SMILES string of the molecule is COc1ccc(/C(C)=N\Nc2cc(C)nc(NCc3ccccc3)n2)cc1. The van der Waals surface area contributed by atoms with Crippen molar-refractivity contribution in [1.29, 1.82) is 0 Å². The van der Waals surface area contributed by atoms with Gasteiger partial charge in [0.25, 0.3) is 0 Å². The summed E-state index contributed by atoms with van der Waals surface area (Å²) >= 11 is 0. The molecule has 0 aliphatic rings. The molecule has 0 saturated heterocycles. The molecule has 27 heavy (non-hydrogen) atoms. The first-order valence-corrected chi connectivity index (χ1v) is 8.72. The van der Waals surface area contributed by atoms with E-state index in [0.29, 0.717) is 18.3 Å². The van der Waals surface area contributed by atoms with Gasteiger partial charge in [0.15, 0.2) is 5.82 Å². The number of nitrogens with zero attached hydrogens (tertiary/aromatic N) is 3. The minimum absolute atomic E-state index is 0.568. The number of anilines is 2. The van der Waals surface area contributed by atoms with Gasteiger partial charge in [0, 0.05) is 18.3 Å². The zero-order chi connectivity index (χ0) is 19.1. The van der Waals surface area contributed by atoms with Crippen LogP contribution in [-0.4, -0.2) is 22.8 Å². The first kappa shape index (κ1) is 18.4. The van der Waals surface area contributed by atoms with Crippen LogP contribution >= 0.6 is 0 Å². The second-order valence-corrected chi connectivity index (χ2v) is 6.09. The quantitative estimate of drug-likeness (QED) is 0.486. The van der Waals surface area contributed by atoms with Gasteiger partial charge in [-0.25, -0.2) is 4.98 Å². The highest BCUT2D eigenvalue weighted by atomic mass is 16.5. The van der Waals surface area contributed by atoms with Gasteiger partial charge in [-0.15, -0.1) is 0 Å². The molecule has 0 spiro atoms. The molecule has 0 fully saturated rings. The lowest BCUT2D eigenvalue weighted by Crippen LogP contribution is -2.07. The van der Waals surface area contributed by atoms with Gasteiger partial charge < -0.3 is 10.1 Å². The normalized spacial score (nSPS) is 11.1. The van der Waals surface area contributed by atoms with Crippen molar-refractivity contribution in [3.63, 3.8) is 0 Å². The van der Waals surface area contributed by atoms with Gasteiger partial charge in [0.05, 0.1) is 12.8 Å². The van der Waals surface area contributed by atoms with Gasteiger partial charge in [0.2, 0.25) is 5.95 Å². The van der Waals surface area contributed by atoms with E-state index in [1.807, 2.05) is 62.4 Å². The molecule has 2 N–H and O–H groups in total. The van der Waals surface area contributed by atoms with Crippen molar-refractivity contribution in [3.8, 4) is 5.75 Å². The predicted molar refractivity (Wildman–Crippen MR) is 109 cm³/mol. The van der Waals surface area contributed by atoms with Crippen LogP contribution < -0.4 is 15.5 Å². The van der Waals surface area contributed by atoms with E-state index in [9.17, 15) is 0 Å². The summed E-state index contributed by atoms with van der Waals surface area (Å²) in [5, 5.41) is 7.68. The average Bonchev–Trinajstić information content (AvgIpc) is 2.71. The molecule has 138 valence electrons. The van der Waals surface area contributed by atoms with Gasteiger partial charge in [-0.2, -0.15) is 10.1 Å². The maximum atomic E-state index is 5.18. The van der Waals surface area contributed by atoms with Gasteiger partial charge in [0.1, 0.15) is 5.75 Å². The van der Waals surface area contributed by atoms with Crippen LogP contribution in [0.15, 0.2) is 65.8 Å². The smallest absolute Gasteiger partial charge is 0.225 e.